The van der Waals surface area contributed by atoms with Gasteiger partial charge < -0.3 is 5.73 Å². The van der Waals surface area contributed by atoms with Crippen LogP contribution in [-0.4, -0.2) is 8.42 Å². The second-order valence-electron chi connectivity index (χ2n) is 5.12. The van der Waals surface area contributed by atoms with Crippen LogP contribution in [0.25, 0.3) is 0 Å². The van der Waals surface area contributed by atoms with Gasteiger partial charge in [0.15, 0.2) is 9.84 Å². The van der Waals surface area contributed by atoms with Crippen molar-refractivity contribution in [3.63, 3.8) is 0 Å². The third-order valence-corrected chi connectivity index (χ3v) is 5.23. The molecule has 0 fully saturated rings. The fraction of sp³-hybridized carbons (Fsp3) is 0.250. The summed E-state index contributed by atoms with van der Waals surface area (Å²) >= 11 is 0. The maximum atomic E-state index is 13.3. The monoisotopic (exact) mass is 307 g/mol. The van der Waals surface area contributed by atoms with Crippen molar-refractivity contribution in [1.29, 1.82) is 0 Å². The molecular formula is C16H18FNO2S. The molecule has 5 heteroatoms. The van der Waals surface area contributed by atoms with E-state index in [1.807, 2.05) is 13.8 Å². The number of rotatable bonds is 4. The number of benzene rings is 2. The summed E-state index contributed by atoms with van der Waals surface area (Å²) in [7, 11) is -3.52. The van der Waals surface area contributed by atoms with Crippen LogP contribution in [0.2, 0.25) is 0 Å². The average Bonchev–Trinajstić information content (AvgIpc) is 2.41. The minimum Gasteiger partial charge on any atom is -0.326 e. The molecule has 3 nitrogen and oxygen atoms in total. The Morgan fingerprint density at radius 1 is 1.00 bits per heavy atom. The van der Waals surface area contributed by atoms with Crippen LogP contribution in [0.1, 0.15) is 22.3 Å². The van der Waals surface area contributed by atoms with Gasteiger partial charge in [0, 0.05) is 6.54 Å². The van der Waals surface area contributed by atoms with Gasteiger partial charge in [-0.3, -0.25) is 0 Å². The van der Waals surface area contributed by atoms with Crippen molar-refractivity contribution >= 4 is 9.84 Å². The predicted octanol–water partition coefficient (Wildman–Crippen LogP) is 2.88. The maximum absolute atomic E-state index is 13.3. The van der Waals surface area contributed by atoms with E-state index >= 15 is 0 Å². The van der Waals surface area contributed by atoms with Crippen molar-refractivity contribution in [2.75, 3.05) is 0 Å². The van der Waals surface area contributed by atoms with E-state index < -0.39 is 15.7 Å². The molecule has 0 aliphatic carbocycles. The molecule has 0 aromatic heterocycles. The molecule has 0 amide bonds. The molecule has 2 aromatic rings. The zero-order valence-electron chi connectivity index (χ0n) is 12.1. The first-order valence-electron chi connectivity index (χ1n) is 6.61. The molecule has 21 heavy (non-hydrogen) atoms. The summed E-state index contributed by atoms with van der Waals surface area (Å²) in [4.78, 5) is 0.248. The Morgan fingerprint density at radius 3 is 2.33 bits per heavy atom. The minimum atomic E-state index is -3.52. The van der Waals surface area contributed by atoms with E-state index in [9.17, 15) is 12.8 Å². The van der Waals surface area contributed by atoms with Crippen LogP contribution in [0.3, 0.4) is 0 Å². The van der Waals surface area contributed by atoms with Crippen molar-refractivity contribution < 1.29 is 12.8 Å². The molecule has 2 aromatic carbocycles. The van der Waals surface area contributed by atoms with Crippen LogP contribution >= 0.6 is 0 Å². The van der Waals surface area contributed by atoms with Crippen LogP contribution in [-0.2, 0) is 22.1 Å². The second-order valence-corrected chi connectivity index (χ2v) is 7.11. The predicted molar refractivity (Wildman–Crippen MR) is 81.1 cm³/mol. The van der Waals surface area contributed by atoms with E-state index in [0.717, 1.165) is 11.1 Å². The van der Waals surface area contributed by atoms with E-state index in [0.29, 0.717) is 11.1 Å². The van der Waals surface area contributed by atoms with Crippen molar-refractivity contribution in [1.82, 2.24) is 0 Å². The molecule has 112 valence electrons. The molecule has 2 rings (SSSR count). The third kappa shape index (κ3) is 3.49. The Balaban J connectivity index is 2.41. The van der Waals surface area contributed by atoms with E-state index in [1.165, 1.54) is 18.2 Å². The number of hydrogen-bond acceptors (Lipinski definition) is 3. The van der Waals surface area contributed by atoms with Crippen LogP contribution in [0.5, 0.6) is 0 Å². The highest BCUT2D eigenvalue weighted by atomic mass is 32.2. The van der Waals surface area contributed by atoms with Crippen LogP contribution < -0.4 is 5.73 Å². The van der Waals surface area contributed by atoms with Crippen LogP contribution in [0.4, 0.5) is 4.39 Å². The summed E-state index contributed by atoms with van der Waals surface area (Å²) in [6.07, 6.45) is 0. The quantitative estimate of drug-likeness (QED) is 0.945. The van der Waals surface area contributed by atoms with E-state index in [1.54, 1.807) is 18.2 Å². The molecule has 0 saturated carbocycles. The van der Waals surface area contributed by atoms with Gasteiger partial charge in [0.1, 0.15) is 5.82 Å². The Hall–Kier alpha value is -1.72. The first-order valence-corrected chi connectivity index (χ1v) is 8.26. The molecule has 0 spiro atoms. The fourth-order valence-corrected chi connectivity index (χ4v) is 3.60. The molecule has 2 N–H and O–H groups in total. The standard InChI is InChI=1S/C16H18FNO2S/c1-11-3-6-16(7-12(11)2)21(19,20)10-14-8-15(17)5-4-13(14)9-18/h3-8H,9-10,18H2,1-2H3. The number of halogens is 1. The average molecular weight is 307 g/mol. The highest BCUT2D eigenvalue weighted by molar-refractivity contribution is 7.90. The lowest BCUT2D eigenvalue weighted by Gasteiger charge is -2.10. The normalized spacial score (nSPS) is 11.6. The lowest BCUT2D eigenvalue weighted by atomic mass is 10.1. The largest absolute Gasteiger partial charge is 0.326 e. The molecule has 0 radical (unpaired) electrons. The van der Waals surface area contributed by atoms with Crippen molar-refractivity contribution in [3.8, 4) is 0 Å². The molecule has 0 saturated heterocycles. The Kier molecular flexibility index (Phi) is 4.44. The van der Waals surface area contributed by atoms with Gasteiger partial charge in [0.2, 0.25) is 0 Å². The molecule has 0 heterocycles. The van der Waals surface area contributed by atoms with Gasteiger partial charge in [-0.25, -0.2) is 12.8 Å². The molecule has 0 bridgehead atoms. The molecule has 0 aliphatic rings. The van der Waals surface area contributed by atoms with Crippen LogP contribution in [0.15, 0.2) is 41.3 Å². The van der Waals surface area contributed by atoms with Crippen molar-refractivity contribution in [3.05, 3.63) is 64.5 Å². The number of sulfone groups is 1. The summed E-state index contributed by atoms with van der Waals surface area (Å²) in [6, 6.07) is 9.05. The summed E-state index contributed by atoms with van der Waals surface area (Å²) in [5.74, 6) is -0.711. The lowest BCUT2D eigenvalue weighted by Crippen LogP contribution is -2.10. The molecular weight excluding hydrogens is 289 g/mol. The van der Waals surface area contributed by atoms with Gasteiger partial charge in [-0.1, -0.05) is 12.1 Å². The van der Waals surface area contributed by atoms with E-state index in [2.05, 4.69) is 0 Å². The summed E-state index contributed by atoms with van der Waals surface area (Å²) < 4.78 is 38.3. The van der Waals surface area contributed by atoms with Crippen molar-refractivity contribution in [2.24, 2.45) is 5.73 Å². The smallest absolute Gasteiger partial charge is 0.182 e. The van der Waals surface area contributed by atoms with Gasteiger partial charge in [-0.15, -0.1) is 0 Å². The summed E-state index contributed by atoms with van der Waals surface area (Å²) in [5, 5.41) is 0. The Labute approximate surface area is 124 Å². The van der Waals surface area contributed by atoms with Crippen LogP contribution in [0, 0.1) is 19.7 Å². The van der Waals surface area contributed by atoms with Gasteiger partial charge in [-0.2, -0.15) is 0 Å². The fourth-order valence-electron chi connectivity index (χ4n) is 2.12. The lowest BCUT2D eigenvalue weighted by molar-refractivity contribution is 0.594. The van der Waals surface area contributed by atoms with Gasteiger partial charge in [0.05, 0.1) is 10.6 Å². The Bertz CT molecular complexity index is 770. The zero-order valence-corrected chi connectivity index (χ0v) is 12.9. The molecule has 0 aliphatic heterocycles. The highest BCUT2D eigenvalue weighted by Gasteiger charge is 2.18. The van der Waals surface area contributed by atoms with Gasteiger partial charge in [0.25, 0.3) is 0 Å². The number of nitrogens with two attached hydrogens (primary N) is 1. The Morgan fingerprint density at radius 2 is 1.71 bits per heavy atom. The molecule has 0 unspecified atom stereocenters. The first kappa shape index (κ1) is 15.7. The van der Waals surface area contributed by atoms with Gasteiger partial charge >= 0.3 is 0 Å². The second kappa shape index (κ2) is 5.95. The SMILES string of the molecule is Cc1ccc(S(=O)(=O)Cc2cc(F)ccc2CN)cc1C. The number of aryl methyl sites for hydroxylation is 2. The van der Waals surface area contributed by atoms with Gasteiger partial charge in [-0.05, 0) is 60.4 Å². The minimum absolute atomic E-state index is 0.179. The zero-order chi connectivity index (χ0) is 15.6. The van der Waals surface area contributed by atoms with Crippen molar-refractivity contribution in [2.45, 2.75) is 31.0 Å². The summed E-state index contributed by atoms with van der Waals surface area (Å²) in [6.45, 7) is 3.96. The van der Waals surface area contributed by atoms with E-state index in [4.69, 9.17) is 5.73 Å². The highest BCUT2D eigenvalue weighted by Crippen LogP contribution is 2.22. The molecule has 0 atom stereocenters. The first-order chi connectivity index (χ1) is 9.83. The van der Waals surface area contributed by atoms with E-state index in [-0.39, 0.29) is 17.2 Å². The topological polar surface area (TPSA) is 60.2 Å². The number of hydrogen-bond donors (Lipinski definition) is 1. The summed E-state index contributed by atoms with van der Waals surface area (Å²) in [5.41, 5.74) is 8.58. The maximum Gasteiger partial charge on any atom is 0.182 e. The third-order valence-electron chi connectivity index (χ3n) is 3.57.